The van der Waals surface area contributed by atoms with Gasteiger partial charge in [-0.3, -0.25) is 9.59 Å². The first kappa shape index (κ1) is 43.0. The molecule has 1 aromatic heterocycles. The Balaban J connectivity index is 1.16. The van der Waals surface area contributed by atoms with Crippen LogP contribution in [0.3, 0.4) is 0 Å². The summed E-state index contributed by atoms with van der Waals surface area (Å²) >= 11 is 0. The van der Waals surface area contributed by atoms with Gasteiger partial charge in [0.25, 0.3) is 0 Å². The summed E-state index contributed by atoms with van der Waals surface area (Å²) in [5.41, 5.74) is 1.81. The molecule has 0 saturated heterocycles. The average Bonchev–Trinajstić information content (AvgIpc) is 3.08. The molecule has 0 radical (unpaired) electrons. The van der Waals surface area contributed by atoms with Gasteiger partial charge in [0.05, 0.1) is 42.8 Å². The molecule has 2 heterocycles. The van der Waals surface area contributed by atoms with E-state index in [-0.39, 0.29) is 62.5 Å². The lowest BCUT2D eigenvalue weighted by molar-refractivity contribution is -0.124. The second kappa shape index (κ2) is 19.7. The number of hydrogen-bond acceptors (Lipinski definition) is 11. The molecule has 298 valence electrons. The number of nitrogens with one attached hydrogen (secondary N) is 2. The third-order valence-corrected chi connectivity index (χ3v) is 8.88. The molecule has 1 aliphatic heterocycles. The van der Waals surface area contributed by atoms with Crippen molar-refractivity contribution in [2.24, 2.45) is 0 Å². The van der Waals surface area contributed by atoms with Gasteiger partial charge in [-0.1, -0.05) is 42.2 Å². The zero-order chi connectivity index (χ0) is 40.1. The highest BCUT2D eigenvalue weighted by atomic mass is 16.5. The summed E-state index contributed by atoms with van der Waals surface area (Å²) in [6, 6.07) is 15.8. The predicted octanol–water partition coefficient (Wildman–Crippen LogP) is 5.82. The molecule has 2 amide bonds. The highest BCUT2D eigenvalue weighted by molar-refractivity contribution is 5.95. The van der Waals surface area contributed by atoms with E-state index in [2.05, 4.69) is 37.4 Å². The van der Waals surface area contributed by atoms with Gasteiger partial charge in [-0.15, -0.1) is 4.98 Å². The van der Waals surface area contributed by atoms with Gasteiger partial charge in [-0.25, -0.2) is 0 Å². The molecule has 3 aromatic rings. The minimum atomic E-state index is -0.671. The number of carbonyl (C=O) groups is 2. The van der Waals surface area contributed by atoms with Crippen LogP contribution in [-0.2, 0) is 25.6 Å². The van der Waals surface area contributed by atoms with Crippen molar-refractivity contribution >= 4 is 23.5 Å². The van der Waals surface area contributed by atoms with E-state index in [0.717, 1.165) is 22.4 Å². The van der Waals surface area contributed by atoms with Crippen LogP contribution in [0.5, 0.6) is 12.0 Å². The fraction of sp³-hybridized carbons (Fsp3) is 0.548. The number of fused-ring (bicyclic) bond motifs is 2. The van der Waals surface area contributed by atoms with Crippen molar-refractivity contribution in [1.82, 2.24) is 20.3 Å². The summed E-state index contributed by atoms with van der Waals surface area (Å²) in [6.45, 7) is 17.3. The number of benzene rings is 2. The number of nitrogens with zero attached hydrogens (tertiary/aromatic N) is 4. The van der Waals surface area contributed by atoms with E-state index in [4.69, 9.17) is 18.9 Å². The van der Waals surface area contributed by atoms with E-state index in [1.54, 1.807) is 4.90 Å². The number of rotatable bonds is 21. The van der Waals surface area contributed by atoms with Crippen LogP contribution >= 0.6 is 0 Å². The van der Waals surface area contributed by atoms with Crippen molar-refractivity contribution in [2.75, 3.05) is 43.1 Å². The quantitative estimate of drug-likeness (QED) is 0.112. The van der Waals surface area contributed by atoms with E-state index >= 15 is 0 Å². The largest absolute Gasteiger partial charge is 0.461 e. The Morgan fingerprint density at radius 1 is 0.800 bits per heavy atom. The Morgan fingerprint density at radius 3 is 2.20 bits per heavy atom. The van der Waals surface area contributed by atoms with Crippen LogP contribution in [0.1, 0.15) is 104 Å². The van der Waals surface area contributed by atoms with Crippen molar-refractivity contribution < 1.29 is 33.6 Å². The fourth-order valence-electron chi connectivity index (χ4n) is 5.65. The summed E-state index contributed by atoms with van der Waals surface area (Å²) in [7, 11) is 0. The van der Waals surface area contributed by atoms with Crippen LogP contribution in [0.25, 0.3) is 0 Å². The topological polar surface area (TPSA) is 157 Å². The van der Waals surface area contributed by atoms with Gasteiger partial charge in [0, 0.05) is 50.1 Å². The number of aliphatic hydroxyl groups is 1. The molecular formula is C42H58N6O7. The second-order valence-corrected chi connectivity index (χ2v) is 15.6. The molecule has 0 fully saturated rings. The zero-order valence-electron chi connectivity index (χ0n) is 33.7. The summed E-state index contributed by atoms with van der Waals surface area (Å²) in [5, 5.41) is 15.5. The van der Waals surface area contributed by atoms with Crippen LogP contribution in [0, 0.1) is 11.8 Å². The molecule has 4 rings (SSSR count). The number of aliphatic hydroxyl groups excluding tert-OH is 1. The molecule has 2 aromatic carbocycles. The Labute approximate surface area is 325 Å². The smallest absolute Gasteiger partial charge is 0.324 e. The Hall–Kier alpha value is -4.77. The van der Waals surface area contributed by atoms with Gasteiger partial charge >= 0.3 is 12.0 Å². The van der Waals surface area contributed by atoms with Crippen LogP contribution in [0.2, 0.25) is 0 Å². The molecule has 0 bridgehead atoms. The van der Waals surface area contributed by atoms with Gasteiger partial charge in [-0.2, -0.15) is 9.97 Å². The van der Waals surface area contributed by atoms with Gasteiger partial charge in [-0.05, 0) is 92.0 Å². The first-order valence-electron chi connectivity index (χ1n) is 19.1. The normalized spacial score (nSPS) is 12.8. The number of anilines is 2. The molecular weight excluding hydrogens is 700 g/mol. The van der Waals surface area contributed by atoms with Gasteiger partial charge < -0.3 is 39.6 Å². The molecule has 3 N–H and O–H groups in total. The van der Waals surface area contributed by atoms with Crippen molar-refractivity contribution in [1.29, 1.82) is 0 Å². The van der Waals surface area contributed by atoms with Gasteiger partial charge in [0.1, 0.15) is 5.60 Å². The number of carbonyl (C=O) groups excluding carboxylic acids is 2. The van der Waals surface area contributed by atoms with E-state index in [0.29, 0.717) is 44.9 Å². The maximum absolute atomic E-state index is 13.4. The van der Waals surface area contributed by atoms with Crippen molar-refractivity contribution in [3.8, 4) is 23.9 Å². The Bertz CT molecular complexity index is 1800. The first-order chi connectivity index (χ1) is 26.0. The summed E-state index contributed by atoms with van der Waals surface area (Å²) < 4.78 is 23.9. The van der Waals surface area contributed by atoms with Crippen LogP contribution in [-0.4, -0.2) is 87.7 Å². The maximum atomic E-state index is 13.4. The Morgan fingerprint density at radius 2 is 1.45 bits per heavy atom. The van der Waals surface area contributed by atoms with E-state index in [1.165, 1.54) is 0 Å². The minimum Gasteiger partial charge on any atom is -0.461 e. The number of aromatic nitrogens is 3. The lowest BCUT2D eigenvalue weighted by Crippen LogP contribution is -2.36. The first-order valence-corrected chi connectivity index (χ1v) is 19.1. The molecule has 13 heteroatoms. The lowest BCUT2D eigenvalue weighted by atomic mass is 10.0. The molecule has 55 heavy (non-hydrogen) atoms. The van der Waals surface area contributed by atoms with E-state index in [1.807, 2.05) is 104 Å². The fourth-order valence-corrected chi connectivity index (χ4v) is 5.65. The molecule has 0 atom stereocenters. The van der Waals surface area contributed by atoms with Crippen LogP contribution < -0.4 is 25.0 Å². The summed E-state index contributed by atoms with van der Waals surface area (Å²) in [5.74, 6) is 6.50. The zero-order valence-corrected chi connectivity index (χ0v) is 33.7. The molecule has 1 aliphatic rings. The van der Waals surface area contributed by atoms with Crippen molar-refractivity contribution in [3.63, 3.8) is 0 Å². The van der Waals surface area contributed by atoms with Crippen LogP contribution in [0.15, 0.2) is 48.5 Å². The number of hydrogen-bond donors (Lipinski definition) is 3. The summed E-state index contributed by atoms with van der Waals surface area (Å²) in [4.78, 5) is 40.9. The van der Waals surface area contributed by atoms with Gasteiger partial charge in [0.2, 0.25) is 17.8 Å². The highest BCUT2D eigenvalue weighted by Crippen LogP contribution is 2.26. The van der Waals surface area contributed by atoms with Crippen LogP contribution in [0.4, 0.5) is 11.6 Å². The third kappa shape index (κ3) is 14.4. The minimum absolute atomic E-state index is 0.0255. The van der Waals surface area contributed by atoms with Gasteiger partial charge in [0.15, 0.2) is 0 Å². The Kier molecular flexibility index (Phi) is 15.4. The van der Waals surface area contributed by atoms with Crippen molar-refractivity contribution in [3.05, 3.63) is 65.2 Å². The molecule has 13 nitrogen and oxygen atoms in total. The molecule has 0 unspecified atom stereocenters. The third-order valence-electron chi connectivity index (χ3n) is 8.88. The predicted molar refractivity (Wildman–Crippen MR) is 212 cm³/mol. The SMILES string of the molecule is CC(C)Oc1nc(NCCC(C)(C)OCCC(C)(C)OCCC(=O)NCCC(=O)N2Cc3ccccc3C#Cc3ccccc32)nc(OC(C)(C)CCO)n1. The number of para-hydroxylation sites is 1. The maximum Gasteiger partial charge on any atom is 0.324 e. The summed E-state index contributed by atoms with van der Waals surface area (Å²) in [6.07, 6.45) is 1.89. The highest BCUT2D eigenvalue weighted by Gasteiger charge is 2.25. The molecule has 0 spiro atoms. The standard InChI is InChI=1S/C42H58N6O7/c1-30(2)54-38-45-37(46-39(47-38)55-42(7,8)22-26-49)44-25-21-40(3,4)53-28-23-41(5,6)52-27-20-35(50)43-24-19-36(51)48-29-33-15-10-9-13-31(33)17-18-32-14-11-12-16-34(32)48/h9-16,30,49H,19-29H2,1-8H3,(H,43,50)(H,44,45,46,47). The van der Waals surface area contributed by atoms with E-state index in [9.17, 15) is 14.7 Å². The monoisotopic (exact) mass is 758 g/mol. The molecule has 0 aliphatic carbocycles. The number of amides is 2. The van der Waals surface area contributed by atoms with Crippen molar-refractivity contribution in [2.45, 2.75) is 117 Å². The lowest BCUT2D eigenvalue weighted by Gasteiger charge is -2.30. The number of ether oxygens (including phenoxy) is 4. The molecule has 0 saturated carbocycles. The van der Waals surface area contributed by atoms with E-state index < -0.39 is 16.8 Å². The average molecular weight is 759 g/mol. The second-order valence-electron chi connectivity index (χ2n) is 15.6.